The van der Waals surface area contributed by atoms with E-state index >= 15 is 0 Å². The van der Waals surface area contributed by atoms with Gasteiger partial charge in [0.25, 0.3) is 0 Å². The van der Waals surface area contributed by atoms with Gasteiger partial charge in [0.15, 0.2) is 0 Å². The van der Waals surface area contributed by atoms with Gasteiger partial charge in [-0.1, -0.05) is 0 Å². The van der Waals surface area contributed by atoms with Gasteiger partial charge in [-0.05, 0) is 19.3 Å². The summed E-state index contributed by atoms with van der Waals surface area (Å²) in [5.41, 5.74) is 0.174. The van der Waals surface area contributed by atoms with Crippen LogP contribution in [0.5, 0.6) is 0 Å². The molecule has 2 rings (SSSR count). The molecule has 2 aliphatic rings. The molecular weight excluding hydrogens is 128 g/mol. The number of rotatable bonds is 0. The minimum Gasteiger partial charge on any atom is -0.372 e. The minimum atomic E-state index is 0.174. The van der Waals surface area contributed by atoms with E-state index in [1.54, 1.807) is 0 Å². The van der Waals surface area contributed by atoms with E-state index in [0.29, 0.717) is 0 Å². The van der Waals surface area contributed by atoms with Crippen molar-refractivity contribution in [1.29, 1.82) is 0 Å². The topological polar surface area (TPSA) is 38.5 Å². The summed E-state index contributed by atoms with van der Waals surface area (Å²) in [7, 11) is 0. The maximum absolute atomic E-state index is 5.65. The highest BCUT2D eigenvalue weighted by Gasteiger charge is 2.43. The lowest BCUT2D eigenvalue weighted by atomic mass is 9.88. The average Bonchev–Trinajstić information content (AvgIpc) is 1.87. The van der Waals surface area contributed by atoms with Gasteiger partial charge in [0.05, 0.1) is 5.60 Å². The van der Waals surface area contributed by atoms with Crippen molar-refractivity contribution in [2.75, 3.05) is 19.7 Å². The maximum Gasteiger partial charge on any atom is 0.0962 e. The Balaban J connectivity index is 1.90. The highest BCUT2D eigenvalue weighted by molar-refractivity contribution is 4.96. The second-order valence-corrected chi connectivity index (χ2v) is 3.39. The summed E-state index contributed by atoms with van der Waals surface area (Å²) in [4.78, 5) is 0. The monoisotopic (exact) mass is 142 g/mol. The number of hydrogen-bond acceptors (Lipinski definition) is 3. The minimum absolute atomic E-state index is 0.174. The summed E-state index contributed by atoms with van der Waals surface area (Å²) in [5.74, 6) is 5.54. The molecule has 2 aliphatic heterocycles. The third-order valence-electron chi connectivity index (χ3n) is 2.42. The van der Waals surface area contributed by atoms with Gasteiger partial charge >= 0.3 is 0 Å². The number of nitrogens with two attached hydrogens (primary N) is 1. The van der Waals surface area contributed by atoms with Gasteiger partial charge < -0.3 is 4.74 Å². The molecule has 2 heterocycles. The zero-order valence-corrected chi connectivity index (χ0v) is 6.18. The van der Waals surface area contributed by atoms with Crippen molar-refractivity contribution in [3.05, 3.63) is 0 Å². The Morgan fingerprint density at radius 3 is 2.60 bits per heavy atom. The van der Waals surface area contributed by atoms with Crippen LogP contribution in [0.1, 0.15) is 19.3 Å². The second-order valence-electron chi connectivity index (χ2n) is 3.39. The summed E-state index contributed by atoms with van der Waals surface area (Å²) < 4.78 is 5.65. The van der Waals surface area contributed by atoms with Crippen LogP contribution in [0.2, 0.25) is 0 Å². The van der Waals surface area contributed by atoms with Crippen LogP contribution in [-0.4, -0.2) is 30.3 Å². The number of nitrogens with zero attached hydrogens (tertiary/aromatic N) is 1. The predicted molar refractivity (Wildman–Crippen MR) is 38.3 cm³/mol. The van der Waals surface area contributed by atoms with Crippen LogP contribution in [0.15, 0.2) is 0 Å². The molecular formula is C7H14N2O. The Morgan fingerprint density at radius 2 is 2.10 bits per heavy atom. The fourth-order valence-corrected chi connectivity index (χ4v) is 1.85. The Labute approximate surface area is 61.1 Å². The third kappa shape index (κ3) is 0.944. The molecule has 2 N–H and O–H groups in total. The lowest BCUT2D eigenvalue weighted by Crippen LogP contribution is -2.66. The molecule has 10 heavy (non-hydrogen) atoms. The van der Waals surface area contributed by atoms with Crippen molar-refractivity contribution in [2.24, 2.45) is 5.84 Å². The van der Waals surface area contributed by atoms with Gasteiger partial charge in [0, 0.05) is 19.7 Å². The van der Waals surface area contributed by atoms with Crippen molar-refractivity contribution in [1.82, 2.24) is 5.01 Å². The molecule has 0 aliphatic carbocycles. The van der Waals surface area contributed by atoms with Crippen LogP contribution in [0.3, 0.4) is 0 Å². The van der Waals surface area contributed by atoms with Crippen molar-refractivity contribution in [3.8, 4) is 0 Å². The highest BCUT2D eigenvalue weighted by atomic mass is 16.5. The summed E-state index contributed by atoms with van der Waals surface area (Å²) in [6, 6.07) is 0. The number of hydrazine groups is 1. The smallest absolute Gasteiger partial charge is 0.0962 e. The van der Waals surface area contributed by atoms with Crippen LogP contribution in [0, 0.1) is 0 Å². The fourth-order valence-electron chi connectivity index (χ4n) is 1.85. The molecule has 2 fully saturated rings. The van der Waals surface area contributed by atoms with Crippen LogP contribution < -0.4 is 5.84 Å². The summed E-state index contributed by atoms with van der Waals surface area (Å²) in [6.45, 7) is 2.81. The van der Waals surface area contributed by atoms with Crippen LogP contribution in [0.4, 0.5) is 0 Å². The molecule has 0 amide bonds. The van der Waals surface area contributed by atoms with Gasteiger partial charge in [-0.15, -0.1) is 0 Å². The summed E-state index contributed by atoms with van der Waals surface area (Å²) >= 11 is 0. The first-order chi connectivity index (χ1) is 4.81. The van der Waals surface area contributed by atoms with Gasteiger partial charge in [-0.25, -0.2) is 5.01 Å². The summed E-state index contributed by atoms with van der Waals surface area (Å²) in [5, 5.41) is 1.82. The van der Waals surface area contributed by atoms with Crippen molar-refractivity contribution in [2.45, 2.75) is 24.9 Å². The van der Waals surface area contributed by atoms with Crippen LogP contribution in [0.25, 0.3) is 0 Å². The standard InChI is InChI=1S/C7H14N2O/c8-9-5-7(6-9)3-1-2-4-10-7/h1-6,8H2. The van der Waals surface area contributed by atoms with Gasteiger partial charge in [-0.3, -0.25) is 5.84 Å². The Hall–Kier alpha value is -0.120. The first-order valence-corrected chi connectivity index (χ1v) is 3.94. The first kappa shape index (κ1) is 6.58. The lowest BCUT2D eigenvalue weighted by Gasteiger charge is -2.49. The molecule has 0 aromatic rings. The van der Waals surface area contributed by atoms with Crippen molar-refractivity contribution >= 4 is 0 Å². The van der Waals surface area contributed by atoms with Crippen LogP contribution in [-0.2, 0) is 4.74 Å². The summed E-state index contributed by atoms with van der Waals surface area (Å²) in [6.07, 6.45) is 3.75. The normalized spacial score (nSPS) is 32.1. The largest absolute Gasteiger partial charge is 0.372 e. The molecule has 0 atom stereocenters. The molecule has 58 valence electrons. The predicted octanol–water partition coefficient (Wildman–Crippen LogP) is 0.115. The van der Waals surface area contributed by atoms with E-state index in [1.165, 1.54) is 19.3 Å². The molecule has 0 unspecified atom stereocenters. The molecule has 0 radical (unpaired) electrons. The maximum atomic E-state index is 5.65. The third-order valence-corrected chi connectivity index (χ3v) is 2.42. The SMILES string of the molecule is NN1CC2(CCCCO2)C1. The fraction of sp³-hybridized carbons (Fsp3) is 1.00. The molecule has 2 saturated heterocycles. The van der Waals surface area contributed by atoms with Gasteiger partial charge in [-0.2, -0.15) is 0 Å². The van der Waals surface area contributed by atoms with Gasteiger partial charge in [0.2, 0.25) is 0 Å². The second kappa shape index (κ2) is 2.19. The lowest BCUT2D eigenvalue weighted by molar-refractivity contribution is -0.166. The van der Waals surface area contributed by atoms with Gasteiger partial charge in [0.1, 0.15) is 0 Å². The molecule has 1 spiro atoms. The van der Waals surface area contributed by atoms with Crippen LogP contribution >= 0.6 is 0 Å². The molecule has 0 bridgehead atoms. The first-order valence-electron chi connectivity index (χ1n) is 3.94. The Kier molecular flexibility index (Phi) is 1.44. The molecule has 3 heteroatoms. The van der Waals surface area contributed by atoms with E-state index in [2.05, 4.69) is 0 Å². The van der Waals surface area contributed by atoms with Crippen molar-refractivity contribution < 1.29 is 4.74 Å². The zero-order chi connectivity index (χ0) is 7.03. The average molecular weight is 142 g/mol. The number of hydrogen-bond donors (Lipinski definition) is 1. The number of ether oxygens (including phenoxy) is 1. The van der Waals surface area contributed by atoms with E-state index in [9.17, 15) is 0 Å². The highest BCUT2D eigenvalue weighted by Crippen LogP contribution is 2.31. The Bertz CT molecular complexity index is 116. The van der Waals surface area contributed by atoms with E-state index in [-0.39, 0.29) is 5.60 Å². The molecule has 0 aromatic carbocycles. The van der Waals surface area contributed by atoms with E-state index in [1.807, 2.05) is 5.01 Å². The van der Waals surface area contributed by atoms with E-state index in [4.69, 9.17) is 10.6 Å². The zero-order valence-electron chi connectivity index (χ0n) is 6.18. The molecule has 0 aromatic heterocycles. The Morgan fingerprint density at radius 1 is 1.30 bits per heavy atom. The quantitative estimate of drug-likeness (QED) is 0.488. The molecule has 0 saturated carbocycles. The molecule has 3 nitrogen and oxygen atoms in total. The van der Waals surface area contributed by atoms with E-state index < -0.39 is 0 Å². The van der Waals surface area contributed by atoms with E-state index in [0.717, 1.165) is 19.7 Å². The van der Waals surface area contributed by atoms with Crippen molar-refractivity contribution in [3.63, 3.8) is 0 Å².